The normalized spacial score (nSPS) is 11.2. The number of anilines is 1. The van der Waals surface area contributed by atoms with Crippen molar-refractivity contribution >= 4 is 69.2 Å². The average Bonchev–Trinajstić information content (AvgIpc) is 3.55. The summed E-state index contributed by atoms with van der Waals surface area (Å²) >= 11 is 17.5. The van der Waals surface area contributed by atoms with E-state index in [0.29, 0.717) is 49.7 Å². The molecule has 11 heteroatoms. The van der Waals surface area contributed by atoms with Crippen LogP contribution in [-0.4, -0.2) is 33.1 Å². The van der Waals surface area contributed by atoms with Crippen molar-refractivity contribution in [3.63, 3.8) is 0 Å². The van der Waals surface area contributed by atoms with Crippen LogP contribution >= 0.6 is 35.4 Å². The van der Waals surface area contributed by atoms with Crippen LogP contribution in [0.25, 0.3) is 34.1 Å². The van der Waals surface area contributed by atoms with E-state index in [4.69, 9.17) is 44.6 Å². The minimum atomic E-state index is -0.405. The van der Waals surface area contributed by atoms with Gasteiger partial charge in [-0.2, -0.15) is 4.80 Å². The second-order valence-corrected chi connectivity index (χ2v) is 9.70. The van der Waals surface area contributed by atoms with Gasteiger partial charge in [0.25, 0.3) is 0 Å². The van der Waals surface area contributed by atoms with Gasteiger partial charge in [-0.25, -0.2) is 0 Å². The zero-order valence-electron chi connectivity index (χ0n) is 20.7. The summed E-state index contributed by atoms with van der Waals surface area (Å²) in [5.74, 6) is 1.35. The number of hydrogen-bond donors (Lipinski definition) is 2. The van der Waals surface area contributed by atoms with Crippen LogP contribution in [0.2, 0.25) is 10.0 Å². The number of furan rings is 1. The summed E-state index contributed by atoms with van der Waals surface area (Å²) in [6.07, 6.45) is 2.92. The van der Waals surface area contributed by atoms with E-state index >= 15 is 0 Å². The lowest BCUT2D eigenvalue weighted by molar-refractivity contribution is -0.115. The fourth-order valence-electron chi connectivity index (χ4n) is 3.77. The number of methoxy groups -OCH3 is 1. The number of carbonyl (C=O) groups excluding carboxylic acids is 1. The molecule has 0 radical (unpaired) electrons. The lowest BCUT2D eigenvalue weighted by Gasteiger charge is -2.10. The Labute approximate surface area is 239 Å². The van der Waals surface area contributed by atoms with Crippen molar-refractivity contribution in [2.45, 2.75) is 6.92 Å². The van der Waals surface area contributed by atoms with Crippen molar-refractivity contribution in [3.8, 4) is 22.8 Å². The number of nitrogens with zero attached hydrogens (tertiary/aromatic N) is 3. The molecule has 3 aromatic carbocycles. The number of aryl methyl sites for hydroxylation is 1. The van der Waals surface area contributed by atoms with Gasteiger partial charge in [0.05, 0.1) is 17.8 Å². The Balaban J connectivity index is 1.23. The quantitative estimate of drug-likeness (QED) is 0.169. The Kier molecular flexibility index (Phi) is 7.65. The lowest BCUT2D eigenvalue weighted by Crippen LogP contribution is -2.33. The topological polar surface area (TPSA) is 94.2 Å². The number of hydrogen-bond acceptors (Lipinski definition) is 6. The number of amides is 1. The van der Waals surface area contributed by atoms with E-state index in [2.05, 4.69) is 20.8 Å². The summed E-state index contributed by atoms with van der Waals surface area (Å²) < 4.78 is 11.0. The number of aromatic nitrogens is 3. The highest BCUT2D eigenvalue weighted by Crippen LogP contribution is 2.28. The molecule has 2 aromatic heterocycles. The SMILES string of the molecule is COc1ccc(-n2nc3cc(C)c(NC(=S)NC(=O)C=Cc4ccc(-c5ccc(Cl)cc5)o4)cc3n2)cc1Cl. The molecule has 1 amide bonds. The van der Waals surface area contributed by atoms with Crippen molar-refractivity contribution in [1.29, 1.82) is 0 Å². The van der Waals surface area contributed by atoms with Gasteiger partial charge in [-0.1, -0.05) is 23.2 Å². The van der Waals surface area contributed by atoms with Crippen LogP contribution in [0.5, 0.6) is 5.75 Å². The molecule has 196 valence electrons. The predicted octanol–water partition coefficient (Wildman–Crippen LogP) is 6.83. The van der Waals surface area contributed by atoms with Crippen LogP contribution in [0, 0.1) is 6.92 Å². The first-order chi connectivity index (χ1) is 18.8. The van der Waals surface area contributed by atoms with E-state index in [-0.39, 0.29) is 5.11 Å². The number of halogens is 2. The van der Waals surface area contributed by atoms with E-state index in [9.17, 15) is 4.79 Å². The maximum absolute atomic E-state index is 12.4. The maximum Gasteiger partial charge on any atom is 0.250 e. The third-order valence-corrected chi connectivity index (χ3v) is 6.48. The van der Waals surface area contributed by atoms with Crippen LogP contribution in [0.1, 0.15) is 11.3 Å². The summed E-state index contributed by atoms with van der Waals surface area (Å²) in [5, 5.41) is 16.0. The third-order valence-electron chi connectivity index (χ3n) is 5.73. The van der Waals surface area contributed by atoms with Gasteiger partial charge in [0.1, 0.15) is 28.3 Å². The van der Waals surface area contributed by atoms with Crippen LogP contribution in [0.4, 0.5) is 5.69 Å². The Hall–Kier alpha value is -4.18. The summed E-state index contributed by atoms with van der Waals surface area (Å²) in [5.41, 5.74) is 4.47. The number of ether oxygens (including phenoxy) is 1. The third kappa shape index (κ3) is 6.12. The Bertz CT molecular complexity index is 1730. The molecule has 5 aromatic rings. The summed E-state index contributed by atoms with van der Waals surface area (Å²) in [6.45, 7) is 1.91. The Morgan fingerprint density at radius 2 is 1.77 bits per heavy atom. The smallest absolute Gasteiger partial charge is 0.250 e. The van der Waals surface area contributed by atoms with Crippen molar-refractivity contribution in [2.24, 2.45) is 0 Å². The van der Waals surface area contributed by atoms with E-state index in [1.165, 1.54) is 10.9 Å². The van der Waals surface area contributed by atoms with Crippen LogP contribution in [0.3, 0.4) is 0 Å². The predicted molar refractivity (Wildman–Crippen MR) is 158 cm³/mol. The summed E-state index contributed by atoms with van der Waals surface area (Å²) in [4.78, 5) is 13.9. The molecule has 8 nitrogen and oxygen atoms in total. The zero-order chi connectivity index (χ0) is 27.5. The molecule has 0 saturated carbocycles. The van der Waals surface area contributed by atoms with Gasteiger partial charge >= 0.3 is 0 Å². The highest BCUT2D eigenvalue weighted by Gasteiger charge is 2.12. The van der Waals surface area contributed by atoms with Crippen molar-refractivity contribution in [3.05, 3.63) is 94.2 Å². The van der Waals surface area contributed by atoms with E-state index in [1.54, 1.807) is 43.5 Å². The first-order valence-corrected chi connectivity index (χ1v) is 12.8. The molecule has 0 unspecified atom stereocenters. The fourth-order valence-corrected chi connectivity index (χ4v) is 4.36. The van der Waals surface area contributed by atoms with Gasteiger partial charge in [-0.05, 0) is 97.5 Å². The maximum atomic E-state index is 12.4. The van der Waals surface area contributed by atoms with Crippen molar-refractivity contribution in [2.75, 3.05) is 12.4 Å². The first-order valence-electron chi connectivity index (χ1n) is 11.7. The lowest BCUT2D eigenvalue weighted by atomic mass is 10.2. The molecule has 2 N–H and O–H groups in total. The molecule has 0 spiro atoms. The molecule has 5 rings (SSSR count). The van der Waals surface area contributed by atoms with E-state index < -0.39 is 5.91 Å². The van der Waals surface area contributed by atoms with Gasteiger partial charge in [0.15, 0.2) is 5.11 Å². The molecule has 0 aliphatic heterocycles. The minimum absolute atomic E-state index is 0.141. The van der Waals surface area contributed by atoms with Crippen molar-refractivity contribution < 1.29 is 13.9 Å². The second kappa shape index (κ2) is 11.3. The molecule has 0 fully saturated rings. The van der Waals surface area contributed by atoms with Gasteiger partial charge in [-0.3, -0.25) is 10.1 Å². The van der Waals surface area contributed by atoms with Gasteiger partial charge in [-0.15, -0.1) is 10.2 Å². The minimum Gasteiger partial charge on any atom is -0.495 e. The molecule has 0 saturated heterocycles. The number of benzene rings is 3. The zero-order valence-corrected chi connectivity index (χ0v) is 23.1. The largest absolute Gasteiger partial charge is 0.495 e. The van der Waals surface area contributed by atoms with Crippen LogP contribution in [0.15, 0.2) is 77.2 Å². The molecule has 0 aliphatic rings. The van der Waals surface area contributed by atoms with Crippen LogP contribution < -0.4 is 15.4 Å². The van der Waals surface area contributed by atoms with E-state index in [1.807, 2.05) is 43.3 Å². The first kappa shape index (κ1) is 26.4. The number of thiocarbonyl (C=S) groups is 1. The van der Waals surface area contributed by atoms with E-state index in [0.717, 1.165) is 11.1 Å². The number of rotatable bonds is 6. The molecule has 0 bridgehead atoms. The highest BCUT2D eigenvalue weighted by molar-refractivity contribution is 7.80. The van der Waals surface area contributed by atoms with Crippen LogP contribution in [-0.2, 0) is 4.79 Å². The number of fused-ring (bicyclic) bond motifs is 1. The molecule has 0 atom stereocenters. The highest BCUT2D eigenvalue weighted by atomic mass is 35.5. The standard InChI is InChI=1S/C28H21Cl2N5O3S/c1-16-13-23-24(34-35(33-23)19-7-10-26(37-2)21(30)14-19)15-22(16)31-28(39)32-27(36)12-9-20-8-11-25(38-20)17-3-5-18(29)6-4-17/h3-15H,1-2H3,(H2,31,32,36,39). The molecular weight excluding hydrogens is 557 g/mol. The summed E-state index contributed by atoms with van der Waals surface area (Å²) in [6, 6.07) is 19.9. The van der Waals surface area contributed by atoms with Crippen molar-refractivity contribution in [1.82, 2.24) is 20.3 Å². The molecule has 0 aliphatic carbocycles. The summed E-state index contributed by atoms with van der Waals surface area (Å²) in [7, 11) is 1.56. The van der Waals surface area contributed by atoms with Gasteiger partial charge < -0.3 is 14.5 Å². The Morgan fingerprint density at radius 1 is 1.03 bits per heavy atom. The average molecular weight is 578 g/mol. The van der Waals surface area contributed by atoms with Gasteiger partial charge in [0, 0.05) is 22.3 Å². The molecular formula is C28H21Cl2N5O3S. The molecule has 39 heavy (non-hydrogen) atoms. The second-order valence-electron chi connectivity index (χ2n) is 8.45. The number of carbonyl (C=O) groups is 1. The monoisotopic (exact) mass is 577 g/mol. The number of nitrogens with one attached hydrogen (secondary N) is 2. The molecule has 2 heterocycles. The fraction of sp³-hybridized carbons (Fsp3) is 0.0714. The van der Waals surface area contributed by atoms with Gasteiger partial charge in [0.2, 0.25) is 5.91 Å². The Morgan fingerprint density at radius 3 is 2.49 bits per heavy atom.